The second kappa shape index (κ2) is 4.89. The van der Waals surface area contributed by atoms with Gasteiger partial charge in [-0.1, -0.05) is 16.5 Å². The second-order valence-corrected chi connectivity index (χ2v) is 5.25. The number of non-ortho nitro benzene ring substituents is 1. The van der Waals surface area contributed by atoms with Gasteiger partial charge in [0.15, 0.2) is 5.13 Å². The maximum atomic E-state index is 10.7. The second-order valence-electron chi connectivity index (χ2n) is 4.22. The van der Waals surface area contributed by atoms with Crippen LogP contribution in [0.4, 0.5) is 10.8 Å². The fourth-order valence-corrected chi connectivity index (χ4v) is 2.78. The Morgan fingerprint density at radius 1 is 1.45 bits per heavy atom. The maximum Gasteiger partial charge on any atom is 0.270 e. The minimum absolute atomic E-state index is 0.0516. The van der Waals surface area contributed by atoms with Gasteiger partial charge in [-0.15, -0.1) is 0 Å². The molecule has 0 spiro atoms. The Bertz CT molecular complexity index is 753. The molecule has 102 valence electrons. The molecule has 0 fully saturated rings. The molecule has 2 heterocycles. The largest absolute Gasteiger partial charge is 0.364 e. The summed E-state index contributed by atoms with van der Waals surface area (Å²) >= 11 is 1.37. The van der Waals surface area contributed by atoms with E-state index in [2.05, 4.69) is 15.5 Å². The van der Waals surface area contributed by atoms with Crippen LogP contribution in [-0.2, 0) is 0 Å². The molecule has 0 aliphatic carbocycles. The van der Waals surface area contributed by atoms with Crippen molar-refractivity contribution in [3.8, 4) is 0 Å². The zero-order valence-corrected chi connectivity index (χ0v) is 11.3. The number of anilines is 1. The molecule has 0 saturated carbocycles. The van der Waals surface area contributed by atoms with E-state index < -0.39 is 4.92 Å². The first-order valence-electron chi connectivity index (χ1n) is 5.85. The van der Waals surface area contributed by atoms with E-state index in [0.717, 1.165) is 15.9 Å². The van der Waals surface area contributed by atoms with Crippen LogP contribution in [0.25, 0.3) is 10.2 Å². The number of thiazole rings is 1. The summed E-state index contributed by atoms with van der Waals surface area (Å²) in [7, 11) is 0. The molecular weight excluding hydrogens is 280 g/mol. The Hall–Kier alpha value is -2.48. The maximum absolute atomic E-state index is 10.7. The van der Waals surface area contributed by atoms with Gasteiger partial charge in [0.2, 0.25) is 0 Å². The summed E-state index contributed by atoms with van der Waals surface area (Å²) in [6.45, 7) is 1.94. The smallest absolute Gasteiger partial charge is 0.270 e. The number of hydrogen-bond acceptors (Lipinski definition) is 7. The molecule has 7 nitrogen and oxygen atoms in total. The third-order valence-corrected chi connectivity index (χ3v) is 3.77. The highest BCUT2D eigenvalue weighted by Crippen LogP contribution is 2.30. The van der Waals surface area contributed by atoms with Crippen LogP contribution < -0.4 is 5.32 Å². The Kier molecular flexibility index (Phi) is 3.07. The van der Waals surface area contributed by atoms with Crippen LogP contribution in [0.5, 0.6) is 0 Å². The summed E-state index contributed by atoms with van der Waals surface area (Å²) in [6.07, 6.45) is 1.51. The molecular formula is C12H10N4O3S. The third kappa shape index (κ3) is 2.32. The standard InChI is InChI=1S/C12H10N4O3S/c1-7(9-4-5-19-15-9)13-12-14-10-3-2-8(16(17)18)6-11(10)20-12/h2-7H,1H3,(H,13,14). The highest BCUT2D eigenvalue weighted by Gasteiger charge is 2.13. The fourth-order valence-electron chi connectivity index (χ4n) is 1.79. The van der Waals surface area contributed by atoms with Gasteiger partial charge in [0, 0.05) is 18.2 Å². The van der Waals surface area contributed by atoms with Crippen molar-refractivity contribution in [3.05, 3.63) is 46.3 Å². The van der Waals surface area contributed by atoms with Crippen molar-refractivity contribution in [1.29, 1.82) is 0 Å². The Morgan fingerprint density at radius 2 is 2.30 bits per heavy atom. The van der Waals surface area contributed by atoms with Crippen LogP contribution >= 0.6 is 11.3 Å². The number of rotatable bonds is 4. The average molecular weight is 290 g/mol. The van der Waals surface area contributed by atoms with Crippen LogP contribution in [0.2, 0.25) is 0 Å². The lowest BCUT2D eigenvalue weighted by Crippen LogP contribution is -2.06. The van der Waals surface area contributed by atoms with E-state index in [1.165, 1.54) is 29.7 Å². The summed E-state index contributed by atoms with van der Waals surface area (Å²) in [5.74, 6) is 0. The third-order valence-electron chi connectivity index (χ3n) is 2.82. The van der Waals surface area contributed by atoms with E-state index >= 15 is 0 Å². The molecule has 1 atom stereocenters. The Morgan fingerprint density at radius 3 is 3.00 bits per heavy atom. The molecule has 1 unspecified atom stereocenters. The quantitative estimate of drug-likeness (QED) is 0.584. The number of aromatic nitrogens is 2. The first kappa shape index (κ1) is 12.5. The molecule has 20 heavy (non-hydrogen) atoms. The number of benzene rings is 1. The molecule has 0 bridgehead atoms. The summed E-state index contributed by atoms with van der Waals surface area (Å²) in [5, 5.41) is 18.5. The lowest BCUT2D eigenvalue weighted by Gasteiger charge is -2.08. The van der Waals surface area contributed by atoms with E-state index in [4.69, 9.17) is 4.52 Å². The van der Waals surface area contributed by atoms with Gasteiger partial charge in [0.1, 0.15) is 12.0 Å². The predicted molar refractivity (Wildman–Crippen MR) is 74.8 cm³/mol. The molecule has 0 radical (unpaired) electrons. The van der Waals surface area contributed by atoms with Gasteiger partial charge >= 0.3 is 0 Å². The monoisotopic (exact) mass is 290 g/mol. The van der Waals surface area contributed by atoms with Crippen molar-refractivity contribution in [3.63, 3.8) is 0 Å². The summed E-state index contributed by atoms with van der Waals surface area (Å²) in [4.78, 5) is 14.7. The number of nitrogens with zero attached hydrogens (tertiary/aromatic N) is 3. The van der Waals surface area contributed by atoms with Crippen LogP contribution in [-0.4, -0.2) is 15.1 Å². The van der Waals surface area contributed by atoms with E-state index in [1.807, 2.05) is 6.92 Å². The number of nitrogens with one attached hydrogen (secondary N) is 1. The van der Waals surface area contributed by atoms with Crippen LogP contribution in [0.1, 0.15) is 18.7 Å². The van der Waals surface area contributed by atoms with Gasteiger partial charge in [-0.05, 0) is 13.0 Å². The predicted octanol–water partition coefficient (Wildman–Crippen LogP) is 3.37. The van der Waals surface area contributed by atoms with E-state index in [1.54, 1.807) is 12.1 Å². The van der Waals surface area contributed by atoms with Crippen LogP contribution in [0.15, 0.2) is 35.1 Å². The zero-order valence-electron chi connectivity index (χ0n) is 10.4. The van der Waals surface area contributed by atoms with Gasteiger partial charge in [0.05, 0.1) is 21.2 Å². The van der Waals surface area contributed by atoms with Gasteiger partial charge in [0.25, 0.3) is 5.69 Å². The zero-order chi connectivity index (χ0) is 14.1. The van der Waals surface area contributed by atoms with E-state index in [0.29, 0.717) is 5.13 Å². The SMILES string of the molecule is CC(Nc1nc2ccc([N+](=O)[O-])cc2s1)c1ccon1. The lowest BCUT2D eigenvalue weighted by atomic mass is 10.2. The topological polar surface area (TPSA) is 94.1 Å². The van der Waals surface area contributed by atoms with Gasteiger partial charge in [-0.3, -0.25) is 10.1 Å². The molecule has 8 heteroatoms. The van der Waals surface area contributed by atoms with E-state index in [-0.39, 0.29) is 11.7 Å². The fraction of sp³-hybridized carbons (Fsp3) is 0.167. The van der Waals surface area contributed by atoms with Crippen molar-refractivity contribution in [2.45, 2.75) is 13.0 Å². The van der Waals surface area contributed by atoms with Crippen molar-refractivity contribution >= 4 is 32.4 Å². The van der Waals surface area contributed by atoms with Crippen LogP contribution in [0.3, 0.4) is 0 Å². The first-order chi connectivity index (χ1) is 9.63. The number of nitro groups is 1. The van der Waals surface area contributed by atoms with Crippen molar-refractivity contribution in [1.82, 2.24) is 10.1 Å². The number of hydrogen-bond donors (Lipinski definition) is 1. The molecule has 3 aromatic rings. The van der Waals surface area contributed by atoms with Gasteiger partial charge < -0.3 is 9.84 Å². The molecule has 1 aromatic carbocycles. The van der Waals surface area contributed by atoms with E-state index in [9.17, 15) is 10.1 Å². The molecule has 0 amide bonds. The molecule has 1 N–H and O–H groups in total. The van der Waals surface area contributed by atoms with Crippen molar-refractivity contribution in [2.24, 2.45) is 0 Å². The normalized spacial score (nSPS) is 12.4. The molecule has 0 aliphatic heterocycles. The Balaban J connectivity index is 1.87. The number of fused-ring (bicyclic) bond motifs is 1. The van der Waals surface area contributed by atoms with Crippen molar-refractivity contribution in [2.75, 3.05) is 5.32 Å². The summed E-state index contributed by atoms with van der Waals surface area (Å²) < 4.78 is 5.56. The number of nitro benzene ring substituents is 1. The van der Waals surface area contributed by atoms with Gasteiger partial charge in [-0.25, -0.2) is 4.98 Å². The minimum Gasteiger partial charge on any atom is -0.364 e. The van der Waals surface area contributed by atoms with Gasteiger partial charge in [-0.2, -0.15) is 0 Å². The Labute approximate surface area is 117 Å². The highest BCUT2D eigenvalue weighted by molar-refractivity contribution is 7.22. The summed E-state index contributed by atoms with van der Waals surface area (Å²) in [6, 6.07) is 6.35. The molecule has 0 saturated heterocycles. The molecule has 2 aromatic heterocycles. The summed E-state index contributed by atoms with van der Waals surface area (Å²) in [5.41, 5.74) is 1.57. The first-order valence-corrected chi connectivity index (χ1v) is 6.67. The van der Waals surface area contributed by atoms with Crippen molar-refractivity contribution < 1.29 is 9.45 Å². The van der Waals surface area contributed by atoms with Crippen LogP contribution in [0, 0.1) is 10.1 Å². The highest BCUT2D eigenvalue weighted by atomic mass is 32.1. The molecule has 0 aliphatic rings. The molecule has 3 rings (SSSR count). The average Bonchev–Trinajstić information content (AvgIpc) is 3.06. The lowest BCUT2D eigenvalue weighted by molar-refractivity contribution is -0.384. The minimum atomic E-state index is -0.412.